The molecule has 0 radical (unpaired) electrons. The lowest BCUT2D eigenvalue weighted by Crippen LogP contribution is -2.15. The second-order valence-electron chi connectivity index (χ2n) is 16.0. The van der Waals surface area contributed by atoms with Crippen molar-refractivity contribution in [3.63, 3.8) is 0 Å². The van der Waals surface area contributed by atoms with E-state index in [-0.39, 0.29) is 5.41 Å². The van der Waals surface area contributed by atoms with Gasteiger partial charge in [-0.05, 0) is 58.7 Å². The zero-order valence-electron chi connectivity index (χ0n) is 32.6. The third-order valence-electron chi connectivity index (χ3n) is 12.3. The van der Waals surface area contributed by atoms with Crippen LogP contribution in [0.1, 0.15) is 25.0 Å². The van der Waals surface area contributed by atoms with Crippen LogP contribution in [-0.4, -0.2) is 24.1 Å². The van der Waals surface area contributed by atoms with Crippen LogP contribution in [0.3, 0.4) is 0 Å². The molecule has 3 heterocycles. The Morgan fingerprint density at radius 3 is 1.51 bits per heavy atom. The molecule has 59 heavy (non-hydrogen) atoms. The minimum absolute atomic E-state index is 0.237. The number of hydrogen-bond donors (Lipinski definition) is 0. The topological polar surface area (TPSA) is 48.5 Å². The fourth-order valence-corrected chi connectivity index (χ4v) is 9.79. The van der Waals surface area contributed by atoms with Gasteiger partial charge in [-0.3, -0.25) is 0 Å². The van der Waals surface area contributed by atoms with Crippen LogP contribution in [0.25, 0.3) is 100 Å². The highest BCUT2D eigenvalue weighted by Gasteiger charge is 2.41. The Morgan fingerprint density at radius 1 is 0.407 bits per heavy atom. The smallest absolute Gasteiger partial charge is 0.164 e. The first-order valence-corrected chi connectivity index (χ1v) is 20.2. The van der Waals surface area contributed by atoms with Gasteiger partial charge in [-0.15, -0.1) is 0 Å². The van der Waals surface area contributed by atoms with E-state index in [1.54, 1.807) is 0 Å². The molecule has 12 rings (SSSR count). The monoisotopic (exact) mass is 755 g/mol. The summed E-state index contributed by atoms with van der Waals surface area (Å²) in [5.74, 6) is 1.91. The molecular formula is C54H37N5. The van der Waals surface area contributed by atoms with Gasteiger partial charge >= 0.3 is 0 Å². The molecule has 5 nitrogen and oxygen atoms in total. The van der Waals surface area contributed by atoms with Crippen molar-refractivity contribution in [3.8, 4) is 56.7 Å². The Morgan fingerprint density at radius 2 is 0.864 bits per heavy atom. The first-order valence-electron chi connectivity index (χ1n) is 20.2. The van der Waals surface area contributed by atoms with Crippen LogP contribution < -0.4 is 0 Å². The molecular weight excluding hydrogens is 719 g/mol. The van der Waals surface area contributed by atoms with Gasteiger partial charge in [0.25, 0.3) is 0 Å². The zero-order valence-corrected chi connectivity index (χ0v) is 32.6. The Balaban J connectivity index is 1.23. The Labute approximate surface area is 341 Å². The average Bonchev–Trinajstić information content (AvgIpc) is 3.90. The molecule has 0 atom stereocenters. The third kappa shape index (κ3) is 4.88. The zero-order chi connectivity index (χ0) is 39.2. The number of hydrogen-bond acceptors (Lipinski definition) is 3. The first-order chi connectivity index (χ1) is 29.1. The molecule has 0 amide bonds. The molecule has 5 heteroatoms. The van der Waals surface area contributed by atoms with Crippen LogP contribution in [0, 0.1) is 0 Å². The van der Waals surface area contributed by atoms with E-state index in [4.69, 9.17) is 15.0 Å². The van der Waals surface area contributed by atoms with Crippen LogP contribution in [-0.2, 0) is 5.41 Å². The van der Waals surface area contributed by atoms with Crippen molar-refractivity contribution in [2.75, 3.05) is 0 Å². The first kappa shape index (κ1) is 33.5. The van der Waals surface area contributed by atoms with Crippen LogP contribution in [0.2, 0.25) is 0 Å². The number of rotatable bonds is 5. The molecule has 0 fully saturated rings. The van der Waals surface area contributed by atoms with Gasteiger partial charge in [-0.25, -0.2) is 15.0 Å². The number of fused-ring (bicyclic) bond motifs is 12. The number of aromatic nitrogens is 5. The fraction of sp³-hybridized carbons (Fsp3) is 0.0556. The Bertz CT molecular complexity index is 3390. The highest BCUT2D eigenvalue weighted by atomic mass is 15.1. The van der Waals surface area contributed by atoms with E-state index in [2.05, 4.69) is 175 Å². The number of benzene rings is 8. The van der Waals surface area contributed by atoms with Crippen molar-refractivity contribution in [1.29, 1.82) is 0 Å². The molecule has 0 aliphatic heterocycles. The minimum atomic E-state index is -0.237. The lowest BCUT2D eigenvalue weighted by molar-refractivity contribution is 0.667. The van der Waals surface area contributed by atoms with Gasteiger partial charge in [0.1, 0.15) is 0 Å². The van der Waals surface area contributed by atoms with Gasteiger partial charge in [0.2, 0.25) is 0 Å². The molecule has 0 saturated carbocycles. The van der Waals surface area contributed by atoms with Crippen molar-refractivity contribution in [3.05, 3.63) is 199 Å². The summed E-state index contributed by atoms with van der Waals surface area (Å²) in [6, 6.07) is 66.8. The number of nitrogens with zero attached hydrogens (tertiary/aromatic N) is 5. The second-order valence-corrected chi connectivity index (χ2v) is 16.0. The lowest BCUT2D eigenvalue weighted by atomic mass is 9.80. The molecule has 11 aromatic rings. The summed E-state index contributed by atoms with van der Waals surface area (Å²) in [6.45, 7) is 4.81. The summed E-state index contributed by atoms with van der Waals surface area (Å²) in [4.78, 5) is 15.2. The lowest BCUT2D eigenvalue weighted by Gasteiger charge is -2.23. The van der Waals surface area contributed by atoms with Crippen LogP contribution in [0.15, 0.2) is 188 Å². The van der Waals surface area contributed by atoms with E-state index >= 15 is 0 Å². The summed E-state index contributed by atoms with van der Waals surface area (Å²) in [6.07, 6.45) is 0. The average molecular weight is 756 g/mol. The Hall–Kier alpha value is -7.63. The van der Waals surface area contributed by atoms with Gasteiger partial charge in [0.05, 0.1) is 22.1 Å². The van der Waals surface area contributed by atoms with Crippen LogP contribution in [0.4, 0.5) is 0 Å². The Kier molecular flexibility index (Phi) is 7.20. The SMILES string of the molecule is CC1(C)c2ccccc2-c2c1c1c3ccccc3n(-c3ccccc3)c1c1c2c2ccccc2n1-c1cccc(-c2nc(-c3ccccc3)nc(-c3ccccc3)n2)c1. The van der Waals surface area contributed by atoms with Crippen molar-refractivity contribution < 1.29 is 0 Å². The van der Waals surface area contributed by atoms with Gasteiger partial charge < -0.3 is 9.13 Å². The third-order valence-corrected chi connectivity index (χ3v) is 12.3. The van der Waals surface area contributed by atoms with Crippen molar-refractivity contribution >= 4 is 43.6 Å². The highest BCUT2D eigenvalue weighted by molar-refractivity contribution is 6.31. The summed E-state index contributed by atoms with van der Waals surface area (Å²) < 4.78 is 4.98. The predicted molar refractivity (Wildman–Crippen MR) is 242 cm³/mol. The van der Waals surface area contributed by atoms with Crippen molar-refractivity contribution in [2.45, 2.75) is 19.3 Å². The molecule has 0 N–H and O–H groups in total. The molecule has 0 saturated heterocycles. The number of para-hydroxylation sites is 3. The van der Waals surface area contributed by atoms with Gasteiger partial charge in [0, 0.05) is 55.0 Å². The second kappa shape index (κ2) is 12.7. The standard InChI is InChI=1S/C54H37N5/c1-54(2)42-30-15-12-27-39(42)45-46-40-28-13-16-31-43(40)59(49(46)50-47(48(45)54)41-29-14-17-32-44(41)58(50)37-24-10-5-11-25-37)38-26-18-23-36(33-38)53-56-51(34-19-6-3-7-20-34)55-52(57-53)35-21-8-4-9-22-35/h3-33H,1-2H3. The highest BCUT2D eigenvalue weighted by Crippen LogP contribution is 2.58. The van der Waals surface area contributed by atoms with Gasteiger partial charge in [0.15, 0.2) is 17.5 Å². The van der Waals surface area contributed by atoms with Gasteiger partial charge in [-0.2, -0.15) is 0 Å². The quantitative estimate of drug-likeness (QED) is 0.176. The summed E-state index contributed by atoms with van der Waals surface area (Å²) in [5, 5.41) is 5.04. The fourth-order valence-electron chi connectivity index (χ4n) is 9.79. The summed E-state index contributed by atoms with van der Waals surface area (Å²) >= 11 is 0. The maximum atomic E-state index is 5.13. The molecule has 0 spiro atoms. The van der Waals surface area contributed by atoms with E-state index in [0.29, 0.717) is 17.5 Å². The summed E-state index contributed by atoms with van der Waals surface area (Å²) in [5.41, 5.74) is 14.8. The van der Waals surface area contributed by atoms with E-state index in [1.165, 1.54) is 60.3 Å². The normalized spacial score (nSPS) is 13.1. The van der Waals surface area contributed by atoms with E-state index < -0.39 is 0 Å². The van der Waals surface area contributed by atoms with Crippen molar-refractivity contribution in [1.82, 2.24) is 24.1 Å². The molecule has 3 aromatic heterocycles. The molecule has 8 aromatic carbocycles. The van der Waals surface area contributed by atoms with E-state index in [0.717, 1.165) is 33.6 Å². The van der Waals surface area contributed by atoms with Crippen LogP contribution in [0.5, 0.6) is 0 Å². The summed E-state index contributed by atoms with van der Waals surface area (Å²) in [7, 11) is 0. The van der Waals surface area contributed by atoms with E-state index in [1.807, 2.05) is 36.4 Å². The van der Waals surface area contributed by atoms with Gasteiger partial charge in [-0.1, -0.05) is 166 Å². The predicted octanol–water partition coefficient (Wildman–Crippen LogP) is 13.4. The molecule has 1 aliphatic rings. The largest absolute Gasteiger partial charge is 0.307 e. The molecule has 1 aliphatic carbocycles. The molecule has 0 bridgehead atoms. The maximum absolute atomic E-state index is 5.13. The maximum Gasteiger partial charge on any atom is 0.164 e. The molecule has 278 valence electrons. The molecule has 0 unspecified atom stereocenters. The van der Waals surface area contributed by atoms with Crippen LogP contribution >= 0.6 is 0 Å². The van der Waals surface area contributed by atoms with E-state index in [9.17, 15) is 0 Å². The van der Waals surface area contributed by atoms with Crippen molar-refractivity contribution in [2.24, 2.45) is 0 Å². The minimum Gasteiger partial charge on any atom is -0.307 e.